The average molecular weight is 284 g/mol. The van der Waals surface area contributed by atoms with Gasteiger partial charge in [0.15, 0.2) is 0 Å². The molecule has 0 amide bonds. The lowest BCUT2D eigenvalue weighted by molar-refractivity contribution is -0.384. The van der Waals surface area contributed by atoms with Crippen molar-refractivity contribution in [2.45, 2.75) is 6.92 Å². The largest absolute Gasteiger partial charge is 0.507 e. The molecule has 106 valence electrons. The van der Waals surface area contributed by atoms with Crippen LogP contribution in [0.3, 0.4) is 0 Å². The summed E-state index contributed by atoms with van der Waals surface area (Å²) in [5.41, 5.74) is 0.891. The van der Waals surface area contributed by atoms with Crippen LogP contribution < -0.4 is 4.74 Å². The SMILES string of the molecule is CCOc1ccc2nc3cc([N+](=O)[O-])ccc3c(O)c2c1. The van der Waals surface area contributed by atoms with Gasteiger partial charge < -0.3 is 9.84 Å². The lowest BCUT2D eigenvalue weighted by Crippen LogP contribution is -1.92. The Balaban J connectivity index is 2.29. The van der Waals surface area contributed by atoms with Crippen molar-refractivity contribution in [1.82, 2.24) is 4.98 Å². The number of pyridine rings is 1. The summed E-state index contributed by atoms with van der Waals surface area (Å²) in [5, 5.41) is 22.2. The highest BCUT2D eigenvalue weighted by molar-refractivity contribution is 6.01. The number of nitro benzene ring substituents is 1. The number of aromatic hydroxyl groups is 1. The molecule has 0 aliphatic carbocycles. The van der Waals surface area contributed by atoms with Gasteiger partial charge in [-0.05, 0) is 31.2 Å². The third-order valence-electron chi connectivity index (χ3n) is 3.22. The minimum atomic E-state index is -0.486. The predicted octanol–water partition coefficient (Wildman–Crippen LogP) is 3.40. The normalized spacial score (nSPS) is 10.9. The topological polar surface area (TPSA) is 85.5 Å². The number of fused-ring (bicyclic) bond motifs is 2. The van der Waals surface area contributed by atoms with Crippen molar-refractivity contribution in [2.75, 3.05) is 6.61 Å². The number of rotatable bonds is 3. The summed E-state index contributed by atoms with van der Waals surface area (Å²) in [6.07, 6.45) is 0. The van der Waals surface area contributed by atoms with E-state index >= 15 is 0 Å². The number of nitrogens with zero attached hydrogens (tertiary/aromatic N) is 2. The molecular formula is C15H12N2O4. The standard InChI is InChI=1S/C15H12N2O4/c1-2-21-10-4-6-13-12(8-10)15(18)11-5-3-9(17(19)20)7-14(11)16-13/h3-8H,2H2,1H3,(H,16,18). The van der Waals surface area contributed by atoms with Crippen LogP contribution in [0.4, 0.5) is 5.69 Å². The van der Waals surface area contributed by atoms with Gasteiger partial charge in [-0.15, -0.1) is 0 Å². The molecule has 6 nitrogen and oxygen atoms in total. The van der Waals surface area contributed by atoms with Crippen molar-refractivity contribution < 1.29 is 14.8 Å². The number of nitro groups is 1. The molecule has 3 rings (SSSR count). The second-order valence-corrected chi connectivity index (χ2v) is 4.53. The summed E-state index contributed by atoms with van der Waals surface area (Å²) in [5.74, 6) is 0.690. The Kier molecular flexibility index (Phi) is 3.06. The highest BCUT2D eigenvalue weighted by Crippen LogP contribution is 2.35. The quantitative estimate of drug-likeness (QED) is 0.452. The van der Waals surface area contributed by atoms with Gasteiger partial charge in [0.25, 0.3) is 5.69 Å². The summed E-state index contributed by atoms with van der Waals surface area (Å²) in [6, 6.07) is 9.39. The molecule has 0 aliphatic rings. The third-order valence-corrected chi connectivity index (χ3v) is 3.22. The molecule has 1 N–H and O–H groups in total. The van der Waals surface area contributed by atoms with Crippen LogP contribution in [-0.4, -0.2) is 21.6 Å². The van der Waals surface area contributed by atoms with E-state index in [2.05, 4.69) is 4.98 Å². The van der Waals surface area contributed by atoms with E-state index in [-0.39, 0.29) is 11.4 Å². The fourth-order valence-electron chi connectivity index (χ4n) is 2.26. The van der Waals surface area contributed by atoms with Gasteiger partial charge in [0.1, 0.15) is 11.5 Å². The zero-order chi connectivity index (χ0) is 15.0. The molecule has 21 heavy (non-hydrogen) atoms. The first-order valence-corrected chi connectivity index (χ1v) is 6.44. The molecule has 0 fully saturated rings. The molecule has 0 unspecified atom stereocenters. The summed E-state index contributed by atoms with van der Waals surface area (Å²) in [6.45, 7) is 2.40. The zero-order valence-corrected chi connectivity index (χ0v) is 11.2. The molecule has 0 atom stereocenters. The Morgan fingerprint density at radius 3 is 2.71 bits per heavy atom. The minimum Gasteiger partial charge on any atom is -0.507 e. The number of benzene rings is 2. The van der Waals surface area contributed by atoms with Crippen LogP contribution in [0.1, 0.15) is 6.92 Å². The number of ether oxygens (including phenoxy) is 1. The van der Waals surface area contributed by atoms with E-state index in [0.717, 1.165) is 0 Å². The predicted molar refractivity (Wildman–Crippen MR) is 78.7 cm³/mol. The number of non-ortho nitro benzene ring substituents is 1. The summed E-state index contributed by atoms with van der Waals surface area (Å²) in [4.78, 5) is 14.7. The van der Waals surface area contributed by atoms with Crippen LogP contribution in [0.2, 0.25) is 0 Å². The van der Waals surface area contributed by atoms with E-state index in [1.807, 2.05) is 6.92 Å². The summed E-state index contributed by atoms with van der Waals surface area (Å²) < 4.78 is 5.40. The lowest BCUT2D eigenvalue weighted by atomic mass is 10.1. The Morgan fingerprint density at radius 2 is 2.00 bits per heavy atom. The zero-order valence-electron chi connectivity index (χ0n) is 11.2. The van der Waals surface area contributed by atoms with E-state index in [1.54, 1.807) is 18.2 Å². The second-order valence-electron chi connectivity index (χ2n) is 4.53. The maximum atomic E-state index is 10.8. The van der Waals surface area contributed by atoms with Gasteiger partial charge in [-0.3, -0.25) is 10.1 Å². The number of aromatic nitrogens is 1. The van der Waals surface area contributed by atoms with E-state index in [9.17, 15) is 15.2 Å². The third kappa shape index (κ3) is 2.20. The summed E-state index contributed by atoms with van der Waals surface area (Å²) in [7, 11) is 0. The smallest absolute Gasteiger partial charge is 0.271 e. The molecule has 0 radical (unpaired) electrons. The molecule has 3 aromatic rings. The van der Waals surface area contributed by atoms with Gasteiger partial charge >= 0.3 is 0 Å². The Hall–Kier alpha value is -2.89. The number of hydrogen-bond acceptors (Lipinski definition) is 5. The van der Waals surface area contributed by atoms with Crippen molar-refractivity contribution >= 4 is 27.5 Å². The van der Waals surface area contributed by atoms with Crippen molar-refractivity contribution in [1.29, 1.82) is 0 Å². The van der Waals surface area contributed by atoms with Crippen LogP contribution in [0.5, 0.6) is 11.5 Å². The molecule has 1 heterocycles. The Bertz CT molecular complexity index is 861. The molecule has 0 saturated carbocycles. The molecule has 2 aromatic carbocycles. The van der Waals surface area contributed by atoms with Crippen LogP contribution in [0.15, 0.2) is 36.4 Å². The molecule has 1 aromatic heterocycles. The van der Waals surface area contributed by atoms with Crippen LogP contribution >= 0.6 is 0 Å². The highest BCUT2D eigenvalue weighted by atomic mass is 16.6. The van der Waals surface area contributed by atoms with Crippen molar-refractivity contribution in [3.63, 3.8) is 0 Å². The average Bonchev–Trinajstić information content (AvgIpc) is 2.48. The second kappa shape index (κ2) is 4.90. The van der Waals surface area contributed by atoms with Crippen molar-refractivity contribution in [3.8, 4) is 11.5 Å². The first-order chi connectivity index (χ1) is 10.1. The van der Waals surface area contributed by atoms with Gasteiger partial charge in [0, 0.05) is 22.9 Å². The van der Waals surface area contributed by atoms with E-state index in [4.69, 9.17) is 4.74 Å². The van der Waals surface area contributed by atoms with Crippen molar-refractivity contribution in [3.05, 3.63) is 46.5 Å². The monoisotopic (exact) mass is 284 g/mol. The van der Waals surface area contributed by atoms with Crippen LogP contribution in [0, 0.1) is 10.1 Å². The van der Waals surface area contributed by atoms with Gasteiger partial charge in [0.2, 0.25) is 0 Å². The first-order valence-electron chi connectivity index (χ1n) is 6.44. The van der Waals surface area contributed by atoms with E-state index in [1.165, 1.54) is 18.2 Å². The lowest BCUT2D eigenvalue weighted by Gasteiger charge is -2.08. The molecule has 0 aliphatic heterocycles. The Morgan fingerprint density at radius 1 is 1.19 bits per heavy atom. The maximum Gasteiger partial charge on any atom is 0.271 e. The van der Waals surface area contributed by atoms with Crippen molar-refractivity contribution in [2.24, 2.45) is 0 Å². The van der Waals surface area contributed by atoms with E-state index in [0.29, 0.717) is 34.2 Å². The molecule has 0 spiro atoms. The molecule has 0 saturated heterocycles. The first kappa shape index (κ1) is 13.1. The van der Waals surface area contributed by atoms with Gasteiger partial charge in [-0.25, -0.2) is 4.98 Å². The molecule has 0 bridgehead atoms. The van der Waals surface area contributed by atoms with Gasteiger partial charge in [0.05, 0.1) is 22.6 Å². The van der Waals surface area contributed by atoms with Crippen LogP contribution in [0.25, 0.3) is 21.8 Å². The van der Waals surface area contributed by atoms with Gasteiger partial charge in [-0.2, -0.15) is 0 Å². The highest BCUT2D eigenvalue weighted by Gasteiger charge is 2.13. The fourth-order valence-corrected chi connectivity index (χ4v) is 2.26. The number of hydrogen-bond donors (Lipinski definition) is 1. The van der Waals surface area contributed by atoms with Crippen LogP contribution in [-0.2, 0) is 0 Å². The van der Waals surface area contributed by atoms with E-state index < -0.39 is 4.92 Å². The Labute approximate surface area is 119 Å². The summed E-state index contributed by atoms with van der Waals surface area (Å²) >= 11 is 0. The maximum absolute atomic E-state index is 10.8. The van der Waals surface area contributed by atoms with Gasteiger partial charge in [-0.1, -0.05) is 0 Å². The minimum absolute atomic E-state index is 0.0476. The fraction of sp³-hybridized carbons (Fsp3) is 0.133. The molecule has 6 heteroatoms. The molecular weight excluding hydrogens is 272 g/mol.